The van der Waals surface area contributed by atoms with Crippen molar-refractivity contribution in [1.29, 1.82) is 0 Å². The summed E-state index contributed by atoms with van der Waals surface area (Å²) in [7, 11) is 0. The van der Waals surface area contributed by atoms with Crippen LogP contribution >= 0.6 is 11.5 Å². The summed E-state index contributed by atoms with van der Waals surface area (Å²) < 4.78 is 40.4. The van der Waals surface area contributed by atoms with Gasteiger partial charge >= 0.3 is 6.18 Å². The van der Waals surface area contributed by atoms with Crippen LogP contribution in [0.1, 0.15) is 37.9 Å². The number of hydrogen-bond donors (Lipinski definition) is 2. The second-order valence-corrected chi connectivity index (χ2v) is 5.79. The number of anilines is 1. The van der Waals surface area contributed by atoms with Crippen LogP contribution in [-0.4, -0.2) is 22.4 Å². The zero-order valence-corrected chi connectivity index (χ0v) is 11.3. The molecule has 0 bridgehead atoms. The van der Waals surface area contributed by atoms with Gasteiger partial charge in [0.2, 0.25) is 11.0 Å². The molecule has 0 radical (unpaired) electrons. The summed E-state index contributed by atoms with van der Waals surface area (Å²) in [6, 6.07) is 0. The molecule has 1 fully saturated rings. The molecule has 1 aliphatic carbocycles. The molecule has 2 rings (SSSR count). The summed E-state index contributed by atoms with van der Waals surface area (Å²) >= 11 is 0.741. The Labute approximate surface area is 113 Å². The Morgan fingerprint density at radius 1 is 1.26 bits per heavy atom. The monoisotopic (exact) mass is 294 g/mol. The Morgan fingerprint density at radius 2 is 1.95 bits per heavy atom. The number of halogens is 3. The van der Waals surface area contributed by atoms with Crippen molar-refractivity contribution in [1.82, 2.24) is 9.36 Å². The molecule has 1 saturated carbocycles. The van der Waals surface area contributed by atoms with Gasteiger partial charge in [0.25, 0.3) is 0 Å². The zero-order valence-electron chi connectivity index (χ0n) is 10.5. The maximum atomic E-state index is 12.4. The van der Waals surface area contributed by atoms with Crippen LogP contribution in [0.15, 0.2) is 0 Å². The first-order valence-corrected chi connectivity index (χ1v) is 7.07. The van der Waals surface area contributed by atoms with E-state index < -0.39 is 12.0 Å². The highest BCUT2D eigenvalue weighted by atomic mass is 32.1. The van der Waals surface area contributed by atoms with E-state index in [1.54, 1.807) is 0 Å². The minimum atomic E-state index is -4.48. The quantitative estimate of drug-likeness (QED) is 0.896. The van der Waals surface area contributed by atoms with Gasteiger partial charge in [0.05, 0.1) is 0 Å². The van der Waals surface area contributed by atoms with Gasteiger partial charge in [-0.3, -0.25) is 0 Å². The molecule has 0 aromatic carbocycles. The van der Waals surface area contributed by atoms with E-state index >= 15 is 0 Å². The summed E-state index contributed by atoms with van der Waals surface area (Å²) in [5.74, 6) is -1.08. The molecule has 8 heteroatoms. The van der Waals surface area contributed by atoms with Crippen molar-refractivity contribution in [3.63, 3.8) is 0 Å². The second kappa shape index (κ2) is 5.62. The molecule has 0 aliphatic heterocycles. The molecule has 0 atom stereocenters. The molecule has 19 heavy (non-hydrogen) atoms. The molecular weight excluding hydrogens is 277 g/mol. The lowest BCUT2D eigenvalue weighted by Crippen LogP contribution is -2.39. The van der Waals surface area contributed by atoms with Crippen LogP contribution in [0.4, 0.5) is 18.3 Å². The number of nitrogens with two attached hydrogens (primary N) is 1. The third-order valence-electron chi connectivity index (χ3n) is 3.64. The van der Waals surface area contributed by atoms with Crippen molar-refractivity contribution in [2.75, 3.05) is 18.4 Å². The number of rotatable bonds is 4. The van der Waals surface area contributed by atoms with E-state index in [-0.39, 0.29) is 10.5 Å². The number of alkyl halides is 3. The summed E-state index contributed by atoms with van der Waals surface area (Å²) in [6.45, 7) is 1.11. The van der Waals surface area contributed by atoms with E-state index in [1.807, 2.05) is 0 Å². The van der Waals surface area contributed by atoms with Gasteiger partial charge in [-0.05, 0) is 24.8 Å². The number of nitrogens with zero attached hydrogens (tertiary/aromatic N) is 2. The third-order valence-corrected chi connectivity index (χ3v) is 4.31. The molecule has 3 N–H and O–H groups in total. The fourth-order valence-corrected chi connectivity index (χ4v) is 3.01. The highest BCUT2D eigenvalue weighted by molar-refractivity contribution is 7.09. The zero-order chi connectivity index (χ0) is 13.9. The summed E-state index contributed by atoms with van der Waals surface area (Å²) in [6.07, 6.45) is 1.01. The van der Waals surface area contributed by atoms with Gasteiger partial charge < -0.3 is 11.1 Å². The fraction of sp³-hybridized carbons (Fsp3) is 0.818. The summed E-state index contributed by atoms with van der Waals surface area (Å²) in [4.78, 5) is 3.46. The van der Waals surface area contributed by atoms with Crippen molar-refractivity contribution >= 4 is 16.7 Å². The predicted molar refractivity (Wildman–Crippen MR) is 68.0 cm³/mol. The Bertz CT molecular complexity index is 412. The molecule has 108 valence electrons. The van der Waals surface area contributed by atoms with Crippen LogP contribution in [0.2, 0.25) is 0 Å². The van der Waals surface area contributed by atoms with Crippen molar-refractivity contribution in [2.24, 2.45) is 11.1 Å². The fourth-order valence-electron chi connectivity index (χ4n) is 2.43. The van der Waals surface area contributed by atoms with E-state index in [4.69, 9.17) is 5.73 Å². The minimum Gasteiger partial charge on any atom is -0.360 e. The standard InChI is InChI=1S/C11H17F3N4S/c12-11(13,14)8-17-9(19-18-8)16-7-10(6-15)4-2-1-3-5-10/h1-7,15H2,(H,16,17,18). The first kappa shape index (κ1) is 14.5. The van der Waals surface area contributed by atoms with Gasteiger partial charge in [-0.2, -0.15) is 22.5 Å². The lowest BCUT2D eigenvalue weighted by atomic mass is 9.74. The highest BCUT2D eigenvalue weighted by Crippen LogP contribution is 2.36. The van der Waals surface area contributed by atoms with E-state index in [9.17, 15) is 13.2 Å². The van der Waals surface area contributed by atoms with Crippen LogP contribution < -0.4 is 11.1 Å². The molecule has 1 aromatic heterocycles. The molecule has 1 aliphatic rings. The molecule has 0 saturated heterocycles. The van der Waals surface area contributed by atoms with Crippen LogP contribution in [0.25, 0.3) is 0 Å². The number of hydrogen-bond acceptors (Lipinski definition) is 5. The Balaban J connectivity index is 1.96. The maximum absolute atomic E-state index is 12.4. The molecule has 0 amide bonds. The second-order valence-electron chi connectivity index (χ2n) is 5.04. The van der Waals surface area contributed by atoms with E-state index in [0.717, 1.165) is 37.2 Å². The van der Waals surface area contributed by atoms with E-state index in [0.29, 0.717) is 13.1 Å². The van der Waals surface area contributed by atoms with Gasteiger partial charge in [0.15, 0.2) is 0 Å². The molecule has 0 spiro atoms. The highest BCUT2D eigenvalue weighted by Gasteiger charge is 2.36. The van der Waals surface area contributed by atoms with Crippen molar-refractivity contribution in [2.45, 2.75) is 38.3 Å². The summed E-state index contributed by atoms with van der Waals surface area (Å²) in [5, 5.41) is 3.18. The molecule has 4 nitrogen and oxygen atoms in total. The molecule has 1 heterocycles. The van der Waals surface area contributed by atoms with Crippen molar-refractivity contribution in [3.8, 4) is 0 Å². The Morgan fingerprint density at radius 3 is 2.47 bits per heavy atom. The van der Waals surface area contributed by atoms with Gasteiger partial charge in [0.1, 0.15) is 0 Å². The minimum absolute atomic E-state index is 0.0116. The Hall–Kier alpha value is -0.890. The molecular formula is C11H17F3N4S. The SMILES string of the molecule is NCC1(CNc2nc(C(F)(F)F)ns2)CCCCC1. The lowest BCUT2D eigenvalue weighted by molar-refractivity contribution is -0.144. The summed E-state index contributed by atoms with van der Waals surface area (Å²) in [5.41, 5.74) is 5.81. The normalized spacial score (nSPS) is 19.4. The van der Waals surface area contributed by atoms with Crippen LogP contribution in [0.3, 0.4) is 0 Å². The van der Waals surface area contributed by atoms with Crippen molar-refractivity contribution < 1.29 is 13.2 Å². The maximum Gasteiger partial charge on any atom is 0.452 e. The Kier molecular flexibility index (Phi) is 4.29. The number of aromatic nitrogens is 2. The van der Waals surface area contributed by atoms with Crippen LogP contribution in [0, 0.1) is 5.41 Å². The van der Waals surface area contributed by atoms with E-state index in [1.165, 1.54) is 6.42 Å². The van der Waals surface area contributed by atoms with Crippen LogP contribution in [0.5, 0.6) is 0 Å². The van der Waals surface area contributed by atoms with Gasteiger partial charge in [0, 0.05) is 18.1 Å². The average molecular weight is 294 g/mol. The van der Waals surface area contributed by atoms with E-state index in [2.05, 4.69) is 14.7 Å². The first-order chi connectivity index (χ1) is 8.95. The van der Waals surface area contributed by atoms with Gasteiger partial charge in [-0.15, -0.1) is 0 Å². The smallest absolute Gasteiger partial charge is 0.360 e. The lowest BCUT2D eigenvalue weighted by Gasteiger charge is -2.36. The average Bonchev–Trinajstić information content (AvgIpc) is 2.86. The topological polar surface area (TPSA) is 63.8 Å². The predicted octanol–water partition coefficient (Wildman–Crippen LogP) is 2.88. The third kappa shape index (κ3) is 3.56. The largest absolute Gasteiger partial charge is 0.452 e. The first-order valence-electron chi connectivity index (χ1n) is 6.30. The number of nitrogens with one attached hydrogen (secondary N) is 1. The van der Waals surface area contributed by atoms with Gasteiger partial charge in [-0.1, -0.05) is 19.3 Å². The van der Waals surface area contributed by atoms with Gasteiger partial charge in [-0.25, -0.2) is 0 Å². The van der Waals surface area contributed by atoms with Crippen LogP contribution in [-0.2, 0) is 6.18 Å². The molecule has 0 unspecified atom stereocenters. The van der Waals surface area contributed by atoms with Crippen molar-refractivity contribution in [3.05, 3.63) is 5.82 Å². The molecule has 1 aromatic rings.